The zero-order valence-corrected chi connectivity index (χ0v) is 19.1. The SMILES string of the molecule is COc1cccc2[nH]c(C(=O)C[C@@H](CC3CC3)C(=O)N[C@](C)(C#N)C[C@@H]3CCNC3=O)cc12. The Kier molecular flexibility index (Phi) is 6.41. The summed E-state index contributed by atoms with van der Waals surface area (Å²) in [5.41, 5.74) is 0.0736. The Morgan fingerprint density at radius 2 is 2.12 bits per heavy atom. The Morgan fingerprint density at radius 1 is 1.33 bits per heavy atom. The van der Waals surface area contributed by atoms with Gasteiger partial charge in [0.1, 0.15) is 11.3 Å². The predicted molar refractivity (Wildman–Crippen MR) is 123 cm³/mol. The van der Waals surface area contributed by atoms with Gasteiger partial charge in [-0.25, -0.2) is 0 Å². The summed E-state index contributed by atoms with van der Waals surface area (Å²) in [6, 6.07) is 9.50. The van der Waals surface area contributed by atoms with Crippen LogP contribution in [0, 0.1) is 29.1 Å². The molecule has 2 amide bonds. The van der Waals surface area contributed by atoms with Gasteiger partial charge in [-0.05, 0) is 50.3 Å². The number of methoxy groups -OCH3 is 1. The number of aromatic amines is 1. The van der Waals surface area contributed by atoms with Crippen LogP contribution >= 0.6 is 0 Å². The lowest BCUT2D eigenvalue weighted by Gasteiger charge is -2.28. The lowest BCUT2D eigenvalue weighted by molar-refractivity contribution is -0.128. The molecule has 1 saturated carbocycles. The van der Waals surface area contributed by atoms with Gasteiger partial charge in [-0.2, -0.15) is 5.26 Å². The first-order chi connectivity index (χ1) is 15.8. The fourth-order valence-electron chi connectivity index (χ4n) is 4.66. The molecule has 2 fully saturated rings. The molecule has 1 aliphatic carbocycles. The van der Waals surface area contributed by atoms with Crippen molar-refractivity contribution >= 4 is 28.5 Å². The van der Waals surface area contributed by atoms with E-state index >= 15 is 0 Å². The maximum absolute atomic E-state index is 13.2. The van der Waals surface area contributed by atoms with Crippen LogP contribution in [-0.4, -0.2) is 41.8 Å². The van der Waals surface area contributed by atoms with Crippen molar-refractivity contribution < 1.29 is 19.1 Å². The van der Waals surface area contributed by atoms with Gasteiger partial charge in [0.05, 0.1) is 18.9 Å². The average Bonchev–Trinajstić information content (AvgIpc) is 3.36. The third-order valence-corrected chi connectivity index (χ3v) is 6.73. The van der Waals surface area contributed by atoms with Gasteiger partial charge in [0.25, 0.3) is 0 Å². The highest BCUT2D eigenvalue weighted by Crippen LogP contribution is 2.37. The molecular formula is C25H30N4O4. The largest absolute Gasteiger partial charge is 0.496 e. The Bertz CT molecular complexity index is 1110. The van der Waals surface area contributed by atoms with Gasteiger partial charge >= 0.3 is 0 Å². The molecule has 4 rings (SSSR count). The zero-order valence-electron chi connectivity index (χ0n) is 19.1. The lowest BCUT2D eigenvalue weighted by Crippen LogP contribution is -2.49. The van der Waals surface area contributed by atoms with Crippen LogP contribution in [0.5, 0.6) is 5.75 Å². The number of benzene rings is 1. The Labute approximate surface area is 193 Å². The van der Waals surface area contributed by atoms with Gasteiger partial charge in [-0.3, -0.25) is 14.4 Å². The summed E-state index contributed by atoms with van der Waals surface area (Å²) < 4.78 is 5.38. The summed E-state index contributed by atoms with van der Waals surface area (Å²) in [5.74, 6) is -0.233. The molecule has 3 N–H and O–H groups in total. The van der Waals surface area contributed by atoms with Crippen LogP contribution in [0.2, 0.25) is 0 Å². The number of rotatable bonds is 10. The number of nitrogens with one attached hydrogen (secondary N) is 3. The molecule has 0 bridgehead atoms. The van der Waals surface area contributed by atoms with Crippen molar-refractivity contribution in [2.75, 3.05) is 13.7 Å². The summed E-state index contributed by atoms with van der Waals surface area (Å²) in [5, 5.41) is 16.2. The number of aromatic nitrogens is 1. The fourth-order valence-corrected chi connectivity index (χ4v) is 4.66. The highest BCUT2D eigenvalue weighted by Gasteiger charge is 2.38. The minimum absolute atomic E-state index is 0.0584. The maximum atomic E-state index is 13.2. The third-order valence-electron chi connectivity index (χ3n) is 6.73. The number of ketones is 1. The summed E-state index contributed by atoms with van der Waals surface area (Å²) in [6.45, 7) is 2.24. The lowest BCUT2D eigenvalue weighted by atomic mass is 9.87. The van der Waals surface area contributed by atoms with Crippen molar-refractivity contribution in [1.29, 1.82) is 5.26 Å². The van der Waals surface area contributed by atoms with Crippen molar-refractivity contribution in [1.82, 2.24) is 15.6 Å². The molecule has 0 spiro atoms. The quantitative estimate of drug-likeness (QED) is 0.480. The second-order valence-corrected chi connectivity index (χ2v) is 9.52. The molecule has 2 aromatic rings. The summed E-state index contributed by atoms with van der Waals surface area (Å²) in [7, 11) is 1.58. The topological polar surface area (TPSA) is 124 Å². The fraction of sp³-hybridized carbons (Fsp3) is 0.520. The number of carbonyl (C=O) groups is 3. The van der Waals surface area contributed by atoms with E-state index in [0.717, 1.165) is 23.7 Å². The monoisotopic (exact) mass is 450 g/mol. The Balaban J connectivity index is 1.48. The number of H-pyrrole nitrogens is 1. The summed E-state index contributed by atoms with van der Waals surface area (Å²) in [4.78, 5) is 41.5. The molecule has 1 aromatic heterocycles. The number of carbonyl (C=O) groups excluding carboxylic acids is 3. The number of fused-ring (bicyclic) bond motifs is 1. The number of amides is 2. The van der Waals surface area contributed by atoms with E-state index in [4.69, 9.17) is 4.74 Å². The van der Waals surface area contributed by atoms with Crippen molar-refractivity contribution in [3.63, 3.8) is 0 Å². The molecule has 174 valence electrons. The maximum Gasteiger partial charge on any atom is 0.224 e. The van der Waals surface area contributed by atoms with Crippen LogP contribution in [0.3, 0.4) is 0 Å². The van der Waals surface area contributed by atoms with Crippen LogP contribution in [0.15, 0.2) is 24.3 Å². The van der Waals surface area contributed by atoms with Crippen molar-refractivity contribution in [2.45, 2.75) is 51.0 Å². The first kappa shape index (κ1) is 22.8. The van der Waals surface area contributed by atoms with Crippen LogP contribution in [0.1, 0.15) is 55.9 Å². The second-order valence-electron chi connectivity index (χ2n) is 9.52. The molecule has 33 heavy (non-hydrogen) atoms. The van der Waals surface area contributed by atoms with E-state index in [9.17, 15) is 19.6 Å². The van der Waals surface area contributed by atoms with E-state index < -0.39 is 11.5 Å². The Hall–Kier alpha value is -3.34. The number of hydrogen-bond donors (Lipinski definition) is 3. The smallest absolute Gasteiger partial charge is 0.224 e. The van der Waals surface area contributed by atoms with Gasteiger partial charge in [0.2, 0.25) is 11.8 Å². The van der Waals surface area contributed by atoms with Gasteiger partial charge < -0.3 is 20.4 Å². The third kappa shape index (κ3) is 5.19. The minimum Gasteiger partial charge on any atom is -0.496 e. The van der Waals surface area contributed by atoms with Crippen LogP contribution in [0.25, 0.3) is 10.9 Å². The van der Waals surface area contributed by atoms with Crippen LogP contribution < -0.4 is 15.4 Å². The Morgan fingerprint density at radius 3 is 2.76 bits per heavy atom. The van der Waals surface area contributed by atoms with Gasteiger partial charge in [-0.1, -0.05) is 18.9 Å². The van der Waals surface area contributed by atoms with E-state index in [2.05, 4.69) is 21.7 Å². The average molecular weight is 451 g/mol. The number of hydrogen-bond acceptors (Lipinski definition) is 5. The number of Topliss-reactive ketones (excluding diaryl/α,β-unsaturated/α-hetero) is 1. The molecular weight excluding hydrogens is 420 g/mol. The second kappa shape index (κ2) is 9.26. The van der Waals surface area contributed by atoms with Crippen molar-refractivity contribution in [2.24, 2.45) is 17.8 Å². The molecule has 1 aromatic carbocycles. The number of nitrogens with zero attached hydrogens (tertiary/aromatic N) is 1. The highest BCUT2D eigenvalue weighted by molar-refractivity contribution is 6.02. The molecule has 2 aliphatic rings. The molecule has 0 radical (unpaired) electrons. The van der Waals surface area contributed by atoms with E-state index in [1.54, 1.807) is 20.1 Å². The molecule has 1 saturated heterocycles. The zero-order chi connectivity index (χ0) is 23.6. The summed E-state index contributed by atoms with van der Waals surface area (Å²) in [6.07, 6.45) is 3.70. The molecule has 2 heterocycles. The predicted octanol–water partition coefficient (Wildman–Crippen LogP) is 3.09. The highest BCUT2D eigenvalue weighted by atomic mass is 16.5. The molecule has 8 nitrogen and oxygen atoms in total. The number of nitriles is 1. The van der Waals surface area contributed by atoms with Crippen LogP contribution in [-0.2, 0) is 9.59 Å². The van der Waals surface area contributed by atoms with E-state index in [0.29, 0.717) is 36.7 Å². The standard InChI is InChI=1S/C25H30N4O4/c1-25(14-26,13-16-8-9-27-23(16)31)29-24(32)17(10-15-6-7-15)11-21(30)20-12-18-19(28-20)4-3-5-22(18)33-2/h3-5,12,15-17,28H,6-11,13H2,1-2H3,(H,27,31)(H,29,32)/t16-,17+,25-/m0/s1. The van der Waals surface area contributed by atoms with Gasteiger partial charge in [0, 0.05) is 35.7 Å². The molecule has 0 unspecified atom stereocenters. The van der Waals surface area contributed by atoms with Gasteiger partial charge in [0.15, 0.2) is 5.78 Å². The van der Waals surface area contributed by atoms with E-state index in [1.807, 2.05) is 18.2 Å². The van der Waals surface area contributed by atoms with Gasteiger partial charge in [-0.15, -0.1) is 0 Å². The normalized spacial score (nSPS) is 20.5. The van der Waals surface area contributed by atoms with Crippen LogP contribution in [0.4, 0.5) is 0 Å². The van der Waals surface area contributed by atoms with Crippen molar-refractivity contribution in [3.05, 3.63) is 30.0 Å². The molecule has 8 heteroatoms. The van der Waals surface area contributed by atoms with Crippen molar-refractivity contribution in [3.8, 4) is 11.8 Å². The summed E-state index contributed by atoms with van der Waals surface area (Å²) >= 11 is 0. The first-order valence-corrected chi connectivity index (χ1v) is 11.5. The van der Waals surface area contributed by atoms with E-state index in [-0.39, 0.29) is 36.4 Å². The minimum atomic E-state index is -1.16. The van der Waals surface area contributed by atoms with E-state index in [1.165, 1.54) is 0 Å². The number of ether oxygens (including phenoxy) is 1. The first-order valence-electron chi connectivity index (χ1n) is 11.5. The molecule has 3 atom stereocenters. The molecule has 1 aliphatic heterocycles.